The molecule has 98 valence electrons. The van der Waals surface area contributed by atoms with Crippen molar-refractivity contribution in [1.29, 1.82) is 0 Å². The van der Waals surface area contributed by atoms with E-state index in [1.165, 1.54) is 16.3 Å². The second kappa shape index (κ2) is 7.63. The quantitative estimate of drug-likeness (QED) is 0.739. The van der Waals surface area contributed by atoms with Crippen LogP contribution in [0, 0.1) is 0 Å². The van der Waals surface area contributed by atoms with Crippen LogP contribution in [0.25, 0.3) is 10.8 Å². The highest BCUT2D eigenvalue weighted by molar-refractivity contribution is 6.18. The van der Waals surface area contributed by atoms with E-state index >= 15 is 0 Å². The van der Waals surface area contributed by atoms with Crippen LogP contribution in [-0.4, -0.2) is 23.9 Å². The van der Waals surface area contributed by atoms with Crippen LogP contribution in [0.4, 0.5) is 0 Å². The first-order chi connectivity index (χ1) is 8.35. The maximum atomic E-state index is 5.82. The Morgan fingerprint density at radius 3 is 2.50 bits per heavy atom. The molecule has 0 amide bonds. The summed E-state index contributed by atoms with van der Waals surface area (Å²) in [4.78, 5) is 2.37. The first-order valence-corrected chi connectivity index (χ1v) is 6.63. The third kappa shape index (κ3) is 3.61. The molecule has 0 atom stereocenters. The van der Waals surface area contributed by atoms with Crippen molar-refractivity contribution in [3.8, 4) is 0 Å². The molecule has 2 rings (SSSR count). The number of halogens is 2. The molecule has 3 heteroatoms. The zero-order valence-corrected chi connectivity index (χ0v) is 12.2. The van der Waals surface area contributed by atoms with Crippen LogP contribution in [0.5, 0.6) is 0 Å². The molecule has 0 saturated heterocycles. The number of alkyl halides is 1. The largest absolute Gasteiger partial charge is 0.298 e. The second-order valence-electron chi connectivity index (χ2n) is 4.20. The molecule has 0 unspecified atom stereocenters. The Labute approximate surface area is 120 Å². The van der Waals surface area contributed by atoms with E-state index in [-0.39, 0.29) is 12.4 Å². The lowest BCUT2D eigenvalue weighted by atomic mass is 10.0. The van der Waals surface area contributed by atoms with Gasteiger partial charge in [0.25, 0.3) is 0 Å². The van der Waals surface area contributed by atoms with Gasteiger partial charge >= 0.3 is 0 Å². The van der Waals surface area contributed by atoms with Gasteiger partial charge in [0.2, 0.25) is 0 Å². The van der Waals surface area contributed by atoms with Crippen molar-refractivity contribution in [2.45, 2.75) is 13.5 Å². The molecule has 0 aliphatic heterocycles. The highest BCUT2D eigenvalue weighted by Gasteiger charge is 2.05. The average Bonchev–Trinajstić information content (AvgIpc) is 2.38. The van der Waals surface area contributed by atoms with Gasteiger partial charge in [0.15, 0.2) is 0 Å². The third-order valence-electron chi connectivity index (χ3n) is 3.12. The molecule has 1 nitrogen and oxygen atoms in total. The van der Waals surface area contributed by atoms with E-state index in [1.54, 1.807) is 0 Å². The third-order valence-corrected chi connectivity index (χ3v) is 3.29. The van der Waals surface area contributed by atoms with Crippen molar-refractivity contribution < 1.29 is 0 Å². The molecule has 0 bridgehead atoms. The molecule has 0 heterocycles. The molecule has 0 aliphatic carbocycles. The van der Waals surface area contributed by atoms with Gasteiger partial charge in [0.05, 0.1) is 0 Å². The van der Waals surface area contributed by atoms with E-state index in [1.807, 2.05) is 0 Å². The lowest BCUT2D eigenvalue weighted by Gasteiger charge is -2.20. The molecule has 0 aliphatic rings. The lowest BCUT2D eigenvalue weighted by Crippen LogP contribution is -2.24. The number of nitrogens with zero attached hydrogens (tertiary/aromatic N) is 1. The predicted octanol–water partition coefficient (Wildman–Crippen LogP) is 4.32. The predicted molar refractivity (Wildman–Crippen MR) is 82.9 cm³/mol. The number of fused-ring (bicyclic) bond motifs is 1. The zero-order valence-electron chi connectivity index (χ0n) is 10.6. The van der Waals surface area contributed by atoms with E-state index in [2.05, 4.69) is 54.3 Å². The first kappa shape index (κ1) is 15.3. The lowest BCUT2D eigenvalue weighted by molar-refractivity contribution is 0.299. The minimum Gasteiger partial charge on any atom is -0.298 e. The summed E-state index contributed by atoms with van der Waals surface area (Å²) in [5, 5.41) is 2.66. The second-order valence-corrected chi connectivity index (χ2v) is 4.57. The van der Waals surface area contributed by atoms with Gasteiger partial charge in [0.1, 0.15) is 0 Å². The monoisotopic (exact) mass is 283 g/mol. The standard InChI is InChI=1S/C15H18ClN.ClH/c1-2-17(11-10-16)12-14-8-5-7-13-6-3-4-9-15(13)14;/h3-9H,2,10-12H2,1H3;1H. The van der Waals surface area contributed by atoms with Gasteiger partial charge in [-0.2, -0.15) is 0 Å². The minimum atomic E-state index is 0. The van der Waals surface area contributed by atoms with E-state index in [0.717, 1.165) is 19.6 Å². The molecule has 0 radical (unpaired) electrons. The zero-order chi connectivity index (χ0) is 12.1. The summed E-state index contributed by atoms with van der Waals surface area (Å²) in [5.74, 6) is 0.693. The van der Waals surface area contributed by atoms with Gasteiger partial charge in [-0.3, -0.25) is 4.90 Å². The SMILES string of the molecule is CCN(CCCl)Cc1cccc2ccccc12.Cl. The summed E-state index contributed by atoms with van der Waals surface area (Å²) < 4.78 is 0. The van der Waals surface area contributed by atoms with Gasteiger partial charge < -0.3 is 0 Å². The summed E-state index contributed by atoms with van der Waals surface area (Å²) in [5.41, 5.74) is 1.38. The van der Waals surface area contributed by atoms with Crippen molar-refractivity contribution >= 4 is 34.8 Å². The Kier molecular flexibility index (Phi) is 6.48. The molecule has 0 spiro atoms. The van der Waals surface area contributed by atoms with Crippen molar-refractivity contribution in [1.82, 2.24) is 4.90 Å². The Morgan fingerprint density at radius 2 is 1.78 bits per heavy atom. The molecular weight excluding hydrogens is 265 g/mol. The van der Waals surface area contributed by atoms with E-state index in [9.17, 15) is 0 Å². The maximum absolute atomic E-state index is 5.82. The van der Waals surface area contributed by atoms with Gasteiger partial charge in [-0.1, -0.05) is 49.4 Å². The van der Waals surface area contributed by atoms with Crippen LogP contribution in [0.1, 0.15) is 12.5 Å². The summed E-state index contributed by atoms with van der Waals surface area (Å²) in [6.07, 6.45) is 0. The summed E-state index contributed by atoms with van der Waals surface area (Å²) >= 11 is 5.82. The number of benzene rings is 2. The molecule has 2 aromatic carbocycles. The fraction of sp³-hybridized carbons (Fsp3) is 0.333. The Balaban J connectivity index is 0.00000162. The van der Waals surface area contributed by atoms with E-state index in [0.29, 0.717) is 5.88 Å². The molecule has 0 fully saturated rings. The topological polar surface area (TPSA) is 3.24 Å². The summed E-state index contributed by atoms with van der Waals surface area (Å²) in [6.45, 7) is 5.14. The van der Waals surface area contributed by atoms with Crippen LogP contribution in [0.15, 0.2) is 42.5 Å². The highest BCUT2D eigenvalue weighted by atomic mass is 35.5. The van der Waals surface area contributed by atoms with E-state index in [4.69, 9.17) is 11.6 Å². The summed E-state index contributed by atoms with van der Waals surface area (Å²) in [6, 6.07) is 15.0. The minimum absolute atomic E-state index is 0. The molecular formula is C15H19Cl2N. The Hall–Kier alpha value is -0.760. The van der Waals surface area contributed by atoms with Crippen molar-refractivity contribution in [2.75, 3.05) is 19.0 Å². The van der Waals surface area contributed by atoms with Crippen molar-refractivity contribution in [3.63, 3.8) is 0 Å². The fourth-order valence-corrected chi connectivity index (χ4v) is 2.38. The Bertz CT molecular complexity index is 479. The highest BCUT2D eigenvalue weighted by Crippen LogP contribution is 2.19. The van der Waals surface area contributed by atoms with Gasteiger partial charge in [-0.25, -0.2) is 0 Å². The molecule has 18 heavy (non-hydrogen) atoms. The van der Waals surface area contributed by atoms with Crippen LogP contribution in [0.2, 0.25) is 0 Å². The van der Waals surface area contributed by atoms with Crippen LogP contribution < -0.4 is 0 Å². The van der Waals surface area contributed by atoms with Crippen LogP contribution >= 0.6 is 24.0 Å². The maximum Gasteiger partial charge on any atom is 0.0351 e. The smallest absolute Gasteiger partial charge is 0.0351 e. The van der Waals surface area contributed by atoms with Gasteiger partial charge in [0, 0.05) is 19.0 Å². The van der Waals surface area contributed by atoms with Crippen LogP contribution in [-0.2, 0) is 6.54 Å². The normalized spacial score (nSPS) is 10.6. The van der Waals surface area contributed by atoms with E-state index < -0.39 is 0 Å². The molecule has 0 aromatic heterocycles. The Morgan fingerprint density at radius 1 is 1.06 bits per heavy atom. The van der Waals surface area contributed by atoms with Gasteiger partial charge in [-0.05, 0) is 22.9 Å². The number of hydrogen-bond acceptors (Lipinski definition) is 1. The van der Waals surface area contributed by atoms with Crippen molar-refractivity contribution in [2.24, 2.45) is 0 Å². The number of rotatable bonds is 5. The molecule has 0 saturated carbocycles. The van der Waals surface area contributed by atoms with Crippen molar-refractivity contribution in [3.05, 3.63) is 48.0 Å². The molecule has 0 N–H and O–H groups in total. The average molecular weight is 284 g/mol. The number of hydrogen-bond donors (Lipinski definition) is 0. The fourth-order valence-electron chi connectivity index (χ4n) is 2.14. The first-order valence-electron chi connectivity index (χ1n) is 6.10. The molecule has 2 aromatic rings. The van der Waals surface area contributed by atoms with Crippen LogP contribution in [0.3, 0.4) is 0 Å². The summed E-state index contributed by atoms with van der Waals surface area (Å²) in [7, 11) is 0. The van der Waals surface area contributed by atoms with Gasteiger partial charge in [-0.15, -0.1) is 24.0 Å².